The maximum absolute atomic E-state index is 12.2. The summed E-state index contributed by atoms with van der Waals surface area (Å²) in [5, 5.41) is 4.99. The van der Waals surface area contributed by atoms with Crippen LogP contribution in [0.5, 0.6) is 17.2 Å². The van der Waals surface area contributed by atoms with Crippen molar-refractivity contribution in [3.05, 3.63) is 87.4 Å². The third-order valence-corrected chi connectivity index (χ3v) is 5.12. The number of hydrogen-bond donors (Lipinski definition) is 1. The molecular weight excluding hydrogens is 451 g/mol. The van der Waals surface area contributed by atoms with Crippen molar-refractivity contribution in [3.63, 3.8) is 0 Å². The summed E-state index contributed by atoms with van der Waals surface area (Å²) < 4.78 is 16.7. The predicted octanol–water partition coefficient (Wildman–Crippen LogP) is 5.74. The van der Waals surface area contributed by atoms with Gasteiger partial charge in [-0.25, -0.2) is 5.43 Å². The van der Waals surface area contributed by atoms with Gasteiger partial charge in [-0.05, 0) is 72.6 Å². The molecule has 0 aliphatic heterocycles. The fourth-order valence-electron chi connectivity index (χ4n) is 2.76. The van der Waals surface area contributed by atoms with Crippen molar-refractivity contribution < 1.29 is 19.0 Å². The summed E-state index contributed by atoms with van der Waals surface area (Å²) in [5.74, 6) is 1.50. The summed E-state index contributed by atoms with van der Waals surface area (Å²) in [5.41, 5.74) is 4.60. The van der Waals surface area contributed by atoms with Crippen LogP contribution in [0.4, 0.5) is 0 Å². The quantitative estimate of drug-likeness (QED) is 0.318. The Morgan fingerprint density at radius 3 is 2.44 bits per heavy atom. The highest BCUT2D eigenvalue weighted by atomic mass is 35.5. The van der Waals surface area contributed by atoms with Crippen molar-refractivity contribution in [3.8, 4) is 17.2 Å². The summed E-state index contributed by atoms with van der Waals surface area (Å²) in [7, 11) is 1.57. The minimum Gasteiger partial charge on any atom is -0.497 e. The zero-order valence-electron chi connectivity index (χ0n) is 17.6. The topological polar surface area (TPSA) is 69.2 Å². The molecule has 3 aromatic rings. The maximum atomic E-state index is 12.2. The Morgan fingerprint density at radius 2 is 1.75 bits per heavy atom. The van der Waals surface area contributed by atoms with Crippen LogP contribution in [0.2, 0.25) is 10.0 Å². The third-order valence-electron chi connectivity index (χ3n) is 4.38. The number of halogens is 2. The van der Waals surface area contributed by atoms with Crippen LogP contribution in [-0.4, -0.2) is 25.8 Å². The zero-order chi connectivity index (χ0) is 22.9. The van der Waals surface area contributed by atoms with E-state index in [0.29, 0.717) is 46.1 Å². The van der Waals surface area contributed by atoms with E-state index in [1.807, 2.05) is 19.1 Å². The van der Waals surface area contributed by atoms with Crippen molar-refractivity contribution in [2.24, 2.45) is 5.10 Å². The van der Waals surface area contributed by atoms with E-state index < -0.39 is 0 Å². The van der Waals surface area contributed by atoms with Crippen molar-refractivity contribution in [1.82, 2.24) is 5.43 Å². The second kappa shape index (κ2) is 11.4. The monoisotopic (exact) mass is 472 g/mol. The molecule has 3 rings (SSSR count). The van der Waals surface area contributed by atoms with Crippen LogP contribution in [0.1, 0.15) is 28.4 Å². The average molecular weight is 473 g/mol. The lowest BCUT2D eigenvalue weighted by molar-refractivity contribution is 0.0955. The second-order valence-electron chi connectivity index (χ2n) is 6.60. The molecule has 0 fully saturated rings. The van der Waals surface area contributed by atoms with Gasteiger partial charge in [0.05, 0.1) is 30.0 Å². The first kappa shape index (κ1) is 23.4. The number of benzene rings is 3. The number of amides is 1. The first-order chi connectivity index (χ1) is 15.5. The molecule has 0 spiro atoms. The molecule has 0 bridgehead atoms. The number of nitrogens with one attached hydrogen (secondary N) is 1. The van der Waals surface area contributed by atoms with Gasteiger partial charge in [0.2, 0.25) is 0 Å². The maximum Gasteiger partial charge on any atom is 0.271 e. The molecule has 1 N–H and O–H groups in total. The van der Waals surface area contributed by atoms with Crippen LogP contribution in [0.3, 0.4) is 0 Å². The molecular formula is C24H22Cl2N2O4. The van der Waals surface area contributed by atoms with Crippen LogP contribution in [0.15, 0.2) is 65.8 Å². The number of hydrazone groups is 1. The number of rotatable bonds is 9. The minimum atomic E-state index is -0.324. The SMILES string of the molecule is CCOc1cc(/C=N/NC(=O)c2ccc(OC)cc2)ccc1OCc1ccc(Cl)c(Cl)c1. The van der Waals surface area contributed by atoms with Gasteiger partial charge in [-0.15, -0.1) is 0 Å². The van der Waals surface area contributed by atoms with E-state index in [-0.39, 0.29) is 5.91 Å². The molecule has 166 valence electrons. The molecule has 0 aliphatic rings. The zero-order valence-corrected chi connectivity index (χ0v) is 19.1. The highest BCUT2D eigenvalue weighted by molar-refractivity contribution is 6.42. The lowest BCUT2D eigenvalue weighted by atomic mass is 10.2. The van der Waals surface area contributed by atoms with Crippen LogP contribution >= 0.6 is 23.2 Å². The van der Waals surface area contributed by atoms with Gasteiger partial charge in [-0.1, -0.05) is 29.3 Å². The summed E-state index contributed by atoms with van der Waals surface area (Å²) in [4.78, 5) is 12.2. The molecule has 0 aromatic heterocycles. The molecule has 32 heavy (non-hydrogen) atoms. The Morgan fingerprint density at radius 1 is 0.969 bits per heavy atom. The van der Waals surface area contributed by atoms with E-state index in [1.54, 1.807) is 55.6 Å². The number of ether oxygens (including phenoxy) is 3. The van der Waals surface area contributed by atoms with Gasteiger partial charge in [0.1, 0.15) is 12.4 Å². The van der Waals surface area contributed by atoms with Gasteiger partial charge in [0.25, 0.3) is 5.91 Å². The number of hydrogen-bond acceptors (Lipinski definition) is 5. The van der Waals surface area contributed by atoms with Crippen molar-refractivity contribution >= 4 is 35.3 Å². The number of methoxy groups -OCH3 is 1. The normalized spacial score (nSPS) is 10.8. The van der Waals surface area contributed by atoms with E-state index >= 15 is 0 Å². The molecule has 0 aliphatic carbocycles. The third kappa shape index (κ3) is 6.39. The van der Waals surface area contributed by atoms with E-state index in [9.17, 15) is 4.79 Å². The molecule has 0 radical (unpaired) electrons. The van der Waals surface area contributed by atoms with Crippen LogP contribution in [0, 0.1) is 0 Å². The van der Waals surface area contributed by atoms with Crippen LogP contribution < -0.4 is 19.6 Å². The smallest absolute Gasteiger partial charge is 0.271 e. The van der Waals surface area contributed by atoms with Gasteiger partial charge >= 0.3 is 0 Å². The van der Waals surface area contributed by atoms with Gasteiger partial charge in [-0.3, -0.25) is 4.79 Å². The Bertz CT molecular complexity index is 1100. The number of nitrogens with zero attached hydrogens (tertiary/aromatic N) is 1. The number of carbonyl (C=O) groups excluding carboxylic acids is 1. The second-order valence-corrected chi connectivity index (χ2v) is 7.42. The van der Waals surface area contributed by atoms with E-state index in [2.05, 4.69) is 10.5 Å². The molecule has 0 atom stereocenters. The molecule has 0 saturated heterocycles. The van der Waals surface area contributed by atoms with Crippen LogP contribution in [0.25, 0.3) is 0 Å². The lowest BCUT2D eigenvalue weighted by Gasteiger charge is -2.13. The van der Waals surface area contributed by atoms with E-state index in [1.165, 1.54) is 6.21 Å². The molecule has 0 saturated carbocycles. The molecule has 3 aromatic carbocycles. The van der Waals surface area contributed by atoms with Crippen molar-refractivity contribution in [2.45, 2.75) is 13.5 Å². The highest BCUT2D eigenvalue weighted by Gasteiger charge is 2.08. The van der Waals surface area contributed by atoms with Crippen LogP contribution in [-0.2, 0) is 6.61 Å². The Balaban J connectivity index is 1.64. The first-order valence-corrected chi connectivity index (χ1v) is 10.6. The molecule has 6 nitrogen and oxygen atoms in total. The summed E-state index contributed by atoms with van der Waals surface area (Å²) in [6, 6.07) is 17.5. The van der Waals surface area contributed by atoms with E-state index in [0.717, 1.165) is 11.1 Å². The highest BCUT2D eigenvalue weighted by Crippen LogP contribution is 2.30. The molecule has 0 heterocycles. The largest absolute Gasteiger partial charge is 0.497 e. The standard InChI is InChI=1S/C24H22Cl2N2O4/c1-3-31-23-13-16(14-27-28-24(29)18-6-8-19(30-2)9-7-18)5-11-22(23)32-15-17-4-10-20(25)21(26)12-17/h4-14H,3,15H2,1-2H3,(H,28,29)/b27-14+. The van der Waals surface area contributed by atoms with Gasteiger partial charge in [0.15, 0.2) is 11.5 Å². The van der Waals surface area contributed by atoms with Gasteiger partial charge in [0, 0.05) is 5.56 Å². The van der Waals surface area contributed by atoms with Crippen molar-refractivity contribution in [1.29, 1.82) is 0 Å². The van der Waals surface area contributed by atoms with Gasteiger partial charge < -0.3 is 14.2 Å². The minimum absolute atomic E-state index is 0.308. The lowest BCUT2D eigenvalue weighted by Crippen LogP contribution is -2.17. The fraction of sp³-hybridized carbons (Fsp3) is 0.167. The summed E-state index contributed by atoms with van der Waals surface area (Å²) in [6.07, 6.45) is 1.53. The van der Waals surface area contributed by atoms with Crippen molar-refractivity contribution in [2.75, 3.05) is 13.7 Å². The molecule has 1 amide bonds. The summed E-state index contributed by atoms with van der Waals surface area (Å²) >= 11 is 12.0. The Kier molecular flexibility index (Phi) is 8.36. The van der Waals surface area contributed by atoms with Gasteiger partial charge in [-0.2, -0.15) is 5.10 Å². The summed E-state index contributed by atoms with van der Waals surface area (Å²) in [6.45, 7) is 2.67. The molecule has 8 heteroatoms. The fourth-order valence-corrected chi connectivity index (χ4v) is 3.08. The Labute approximate surface area is 196 Å². The van der Waals surface area contributed by atoms with E-state index in [4.69, 9.17) is 37.4 Å². The predicted molar refractivity (Wildman–Crippen MR) is 126 cm³/mol. The first-order valence-electron chi connectivity index (χ1n) is 9.81. The molecule has 0 unspecified atom stereocenters. The Hall–Kier alpha value is -3.22. The number of carbonyl (C=O) groups is 1. The average Bonchev–Trinajstić information content (AvgIpc) is 2.81.